The van der Waals surface area contributed by atoms with Crippen molar-refractivity contribution in [2.45, 2.75) is 50.8 Å². The summed E-state index contributed by atoms with van der Waals surface area (Å²) in [6.45, 7) is 5.64. The van der Waals surface area contributed by atoms with E-state index in [1.54, 1.807) is 0 Å². The predicted molar refractivity (Wildman–Crippen MR) is 80.7 cm³/mol. The van der Waals surface area contributed by atoms with Gasteiger partial charge in [0.15, 0.2) is 0 Å². The van der Waals surface area contributed by atoms with Gasteiger partial charge in [0.2, 0.25) is 0 Å². The number of carbonyl (C=O) groups is 1. The highest BCUT2D eigenvalue weighted by molar-refractivity contribution is 9.10. The lowest BCUT2D eigenvalue weighted by Crippen LogP contribution is -2.64. The van der Waals surface area contributed by atoms with Gasteiger partial charge in [-0.15, -0.1) is 0 Å². The van der Waals surface area contributed by atoms with Crippen molar-refractivity contribution >= 4 is 22.0 Å². The molecule has 1 aromatic carbocycles. The van der Waals surface area contributed by atoms with Gasteiger partial charge in [-0.2, -0.15) is 0 Å². The number of nitrogens with zero attached hydrogens (tertiary/aromatic N) is 1. The second-order valence-corrected chi connectivity index (χ2v) is 7.31. The van der Waals surface area contributed by atoms with Gasteiger partial charge in [0, 0.05) is 22.9 Å². The molecular weight excluding hydrogens is 322 g/mol. The van der Waals surface area contributed by atoms with E-state index in [1.165, 1.54) is 4.90 Å². The Labute approximate surface area is 127 Å². The third-order valence-electron chi connectivity index (χ3n) is 3.82. The first-order chi connectivity index (χ1) is 9.17. The first-order valence-electron chi connectivity index (χ1n) is 6.64. The Hall–Kier alpha value is -1.07. The predicted octanol–water partition coefficient (Wildman–Crippen LogP) is 3.58. The highest BCUT2D eigenvalue weighted by atomic mass is 79.9. The molecule has 1 aromatic rings. The van der Waals surface area contributed by atoms with Crippen molar-refractivity contribution in [3.63, 3.8) is 0 Å². The average molecular weight is 342 g/mol. The van der Waals surface area contributed by atoms with Gasteiger partial charge in [0.1, 0.15) is 0 Å². The third kappa shape index (κ3) is 2.56. The summed E-state index contributed by atoms with van der Waals surface area (Å²) in [5.74, 6) is 0. The van der Waals surface area contributed by atoms with Crippen LogP contribution in [0.4, 0.5) is 4.79 Å². The van der Waals surface area contributed by atoms with Crippen molar-refractivity contribution in [1.29, 1.82) is 0 Å². The second kappa shape index (κ2) is 5.04. The molecule has 1 amide bonds. The molecule has 20 heavy (non-hydrogen) atoms. The van der Waals surface area contributed by atoms with Crippen LogP contribution in [-0.2, 0) is 5.54 Å². The first-order valence-corrected chi connectivity index (χ1v) is 7.43. The van der Waals surface area contributed by atoms with Gasteiger partial charge < -0.3 is 10.2 Å². The summed E-state index contributed by atoms with van der Waals surface area (Å²) in [6, 6.07) is 7.67. The van der Waals surface area contributed by atoms with E-state index in [4.69, 9.17) is 0 Å². The lowest BCUT2D eigenvalue weighted by molar-refractivity contribution is -0.0973. The van der Waals surface area contributed by atoms with Crippen LogP contribution in [0.2, 0.25) is 0 Å². The second-order valence-electron chi connectivity index (χ2n) is 6.39. The highest BCUT2D eigenvalue weighted by Gasteiger charge is 2.54. The number of hydrogen-bond acceptors (Lipinski definition) is 2. The number of aliphatic hydroxyl groups is 1. The summed E-state index contributed by atoms with van der Waals surface area (Å²) in [4.78, 5) is 13.2. The van der Waals surface area contributed by atoms with Crippen molar-refractivity contribution in [1.82, 2.24) is 4.90 Å². The smallest absolute Gasteiger partial charge is 0.408 e. The number of rotatable bonds is 2. The Morgan fingerprint density at radius 3 is 2.15 bits per heavy atom. The molecule has 0 unspecified atom stereocenters. The molecule has 0 aliphatic heterocycles. The third-order valence-corrected chi connectivity index (χ3v) is 4.35. The van der Waals surface area contributed by atoms with E-state index in [2.05, 4.69) is 15.9 Å². The van der Waals surface area contributed by atoms with E-state index < -0.39 is 23.3 Å². The lowest BCUT2D eigenvalue weighted by Gasteiger charge is -2.56. The molecule has 2 rings (SSSR count). The van der Waals surface area contributed by atoms with Gasteiger partial charge in [-0.05, 0) is 38.5 Å². The van der Waals surface area contributed by atoms with Crippen LogP contribution in [-0.4, -0.2) is 32.8 Å². The topological polar surface area (TPSA) is 60.8 Å². The van der Waals surface area contributed by atoms with Crippen LogP contribution in [0, 0.1) is 0 Å². The highest BCUT2D eigenvalue weighted by Crippen LogP contribution is 2.49. The summed E-state index contributed by atoms with van der Waals surface area (Å²) < 4.78 is 0.953. The van der Waals surface area contributed by atoms with Crippen molar-refractivity contribution in [2.75, 3.05) is 0 Å². The van der Waals surface area contributed by atoms with E-state index in [0.29, 0.717) is 12.8 Å². The van der Waals surface area contributed by atoms with E-state index in [0.717, 1.165) is 10.0 Å². The molecule has 0 aromatic heterocycles. The summed E-state index contributed by atoms with van der Waals surface area (Å²) in [6.07, 6.45) is -0.508. The fraction of sp³-hybridized carbons (Fsp3) is 0.533. The molecule has 0 heterocycles. The molecule has 2 N–H and O–H groups in total. The van der Waals surface area contributed by atoms with Gasteiger partial charge >= 0.3 is 6.09 Å². The summed E-state index contributed by atoms with van der Waals surface area (Å²) >= 11 is 3.39. The molecule has 0 atom stereocenters. The van der Waals surface area contributed by atoms with Gasteiger partial charge in [-0.25, -0.2) is 4.79 Å². The molecule has 0 radical (unpaired) electrons. The van der Waals surface area contributed by atoms with Gasteiger partial charge in [0.25, 0.3) is 0 Å². The van der Waals surface area contributed by atoms with Crippen LogP contribution in [0.3, 0.4) is 0 Å². The maximum absolute atomic E-state index is 11.8. The summed E-state index contributed by atoms with van der Waals surface area (Å²) in [5.41, 5.74) is -0.230. The normalized spacial score (nSPS) is 25.9. The molecule has 110 valence electrons. The van der Waals surface area contributed by atoms with Crippen molar-refractivity contribution in [3.8, 4) is 0 Å². The molecule has 1 fully saturated rings. The van der Waals surface area contributed by atoms with Crippen LogP contribution in [0.15, 0.2) is 28.7 Å². The minimum atomic E-state index is -0.952. The number of amides is 1. The molecule has 0 spiro atoms. The molecule has 1 saturated carbocycles. The van der Waals surface area contributed by atoms with Crippen molar-refractivity contribution in [3.05, 3.63) is 34.3 Å². The fourth-order valence-corrected chi connectivity index (χ4v) is 3.40. The standard InChI is InChI=1S/C15H20BrNO3/c1-14(2,3)17(13(19)20)15(8-12(18)9-15)10-4-6-11(16)7-5-10/h4-7,12,18H,8-9H2,1-3H3,(H,19,20)/t12-,15-. The number of carboxylic acid groups (broad SMARTS) is 1. The van der Waals surface area contributed by atoms with E-state index in [1.807, 2.05) is 45.0 Å². The minimum Gasteiger partial charge on any atom is -0.465 e. The zero-order valence-corrected chi connectivity index (χ0v) is 13.5. The van der Waals surface area contributed by atoms with E-state index in [-0.39, 0.29) is 0 Å². The molecule has 1 aliphatic rings. The SMILES string of the molecule is CC(C)(C)N(C(=O)O)[C@]1(c2ccc(Br)cc2)C[C@@H](O)C1. The Morgan fingerprint density at radius 1 is 1.30 bits per heavy atom. The molecule has 4 nitrogen and oxygen atoms in total. The summed E-state index contributed by atoms with van der Waals surface area (Å²) in [5, 5.41) is 19.4. The largest absolute Gasteiger partial charge is 0.465 e. The van der Waals surface area contributed by atoms with Crippen molar-refractivity contribution < 1.29 is 15.0 Å². The minimum absolute atomic E-state index is 0.442. The zero-order valence-electron chi connectivity index (χ0n) is 11.9. The Morgan fingerprint density at radius 2 is 1.80 bits per heavy atom. The number of aliphatic hydroxyl groups excluding tert-OH is 1. The van der Waals surface area contributed by atoms with Crippen LogP contribution < -0.4 is 0 Å². The Kier molecular flexibility index (Phi) is 3.86. The zero-order chi connectivity index (χ0) is 15.1. The summed E-state index contributed by atoms with van der Waals surface area (Å²) in [7, 11) is 0. The number of hydrogen-bond donors (Lipinski definition) is 2. The van der Waals surface area contributed by atoms with Gasteiger partial charge in [-0.3, -0.25) is 4.90 Å². The van der Waals surface area contributed by atoms with Crippen LogP contribution in [0.5, 0.6) is 0 Å². The Balaban J connectivity index is 2.49. The number of halogens is 1. The van der Waals surface area contributed by atoms with E-state index >= 15 is 0 Å². The lowest BCUT2D eigenvalue weighted by atomic mass is 9.67. The maximum atomic E-state index is 11.8. The number of benzene rings is 1. The molecule has 0 saturated heterocycles. The molecule has 5 heteroatoms. The van der Waals surface area contributed by atoms with E-state index in [9.17, 15) is 15.0 Å². The van der Waals surface area contributed by atoms with Gasteiger partial charge in [0.05, 0.1) is 11.6 Å². The maximum Gasteiger partial charge on any atom is 0.408 e. The molecular formula is C15H20BrNO3. The molecule has 0 bridgehead atoms. The molecule has 1 aliphatic carbocycles. The first kappa shape index (κ1) is 15.3. The Bertz CT molecular complexity index is 501. The van der Waals surface area contributed by atoms with Gasteiger partial charge in [-0.1, -0.05) is 28.1 Å². The van der Waals surface area contributed by atoms with Crippen LogP contribution >= 0.6 is 15.9 Å². The van der Waals surface area contributed by atoms with Crippen LogP contribution in [0.1, 0.15) is 39.2 Å². The quantitative estimate of drug-likeness (QED) is 0.864. The van der Waals surface area contributed by atoms with Crippen LogP contribution in [0.25, 0.3) is 0 Å². The monoisotopic (exact) mass is 341 g/mol. The average Bonchev–Trinajstić information content (AvgIpc) is 2.24. The van der Waals surface area contributed by atoms with Crippen molar-refractivity contribution in [2.24, 2.45) is 0 Å². The fourth-order valence-electron chi connectivity index (χ4n) is 3.14.